The Morgan fingerprint density at radius 3 is 2.79 bits per heavy atom. The number of piperazine rings is 1. The van der Waals surface area contributed by atoms with Crippen LogP contribution in [-0.4, -0.2) is 35.1 Å². The van der Waals surface area contributed by atoms with E-state index in [-0.39, 0.29) is 0 Å². The molecule has 2 heterocycles. The van der Waals surface area contributed by atoms with Crippen LogP contribution in [0, 0.1) is 0 Å². The molecule has 0 bridgehead atoms. The molecular weight excluding hydrogens is 281 g/mol. The van der Waals surface area contributed by atoms with Gasteiger partial charge >= 0.3 is 0 Å². The summed E-state index contributed by atoms with van der Waals surface area (Å²) in [5.41, 5.74) is 1.06. The molecule has 5 heteroatoms. The van der Waals surface area contributed by atoms with Crippen LogP contribution >= 0.6 is 23.2 Å². The van der Waals surface area contributed by atoms with Crippen LogP contribution in [0.1, 0.15) is 32.3 Å². The molecule has 106 valence electrons. The first-order valence-corrected chi connectivity index (χ1v) is 7.67. The smallest absolute Gasteiger partial charge is 0.130 e. The first kappa shape index (κ1) is 15.0. The van der Waals surface area contributed by atoms with E-state index in [0.29, 0.717) is 22.3 Å². The highest BCUT2D eigenvalue weighted by Gasteiger charge is 2.26. The van der Waals surface area contributed by atoms with Crippen LogP contribution in [0.15, 0.2) is 12.3 Å². The molecule has 2 unspecified atom stereocenters. The lowest BCUT2D eigenvalue weighted by molar-refractivity contribution is 0.117. The monoisotopic (exact) mass is 301 g/mol. The van der Waals surface area contributed by atoms with Gasteiger partial charge in [-0.25, -0.2) is 4.98 Å². The summed E-state index contributed by atoms with van der Waals surface area (Å²) in [4.78, 5) is 6.64. The molecule has 0 spiro atoms. The minimum atomic E-state index is 0.451. The Kier molecular flexibility index (Phi) is 5.46. The quantitative estimate of drug-likeness (QED) is 0.865. The third kappa shape index (κ3) is 3.82. The van der Waals surface area contributed by atoms with Crippen molar-refractivity contribution in [2.75, 3.05) is 13.1 Å². The van der Waals surface area contributed by atoms with E-state index in [1.165, 1.54) is 0 Å². The van der Waals surface area contributed by atoms with E-state index in [1.807, 2.05) is 0 Å². The van der Waals surface area contributed by atoms with Crippen LogP contribution < -0.4 is 5.32 Å². The molecule has 0 amide bonds. The van der Waals surface area contributed by atoms with Gasteiger partial charge in [0.25, 0.3) is 0 Å². The van der Waals surface area contributed by atoms with Crippen LogP contribution in [0.5, 0.6) is 0 Å². The van der Waals surface area contributed by atoms with Crippen molar-refractivity contribution in [2.24, 2.45) is 0 Å². The summed E-state index contributed by atoms with van der Waals surface area (Å²) in [6.45, 7) is 7.41. The SMILES string of the molecule is CCC1CN(Cc2cnc(Cl)cc2Cl)C(CC)CN1. The standard InChI is InChI=1S/C14H21Cl2N3/c1-3-11-9-19(12(4-2)7-17-11)8-10-6-18-14(16)5-13(10)15/h5-6,11-12,17H,3-4,7-9H2,1-2H3. The minimum Gasteiger partial charge on any atom is -0.311 e. The Morgan fingerprint density at radius 2 is 2.16 bits per heavy atom. The summed E-state index contributed by atoms with van der Waals surface area (Å²) >= 11 is 12.1. The first-order chi connectivity index (χ1) is 9.13. The zero-order valence-corrected chi connectivity index (χ0v) is 13.0. The average Bonchev–Trinajstić information content (AvgIpc) is 2.41. The average molecular weight is 302 g/mol. The first-order valence-electron chi connectivity index (χ1n) is 6.91. The van der Waals surface area contributed by atoms with Gasteiger partial charge in [0.1, 0.15) is 5.15 Å². The minimum absolute atomic E-state index is 0.451. The number of nitrogens with zero attached hydrogens (tertiary/aromatic N) is 2. The molecule has 1 aliphatic heterocycles. The van der Waals surface area contributed by atoms with Gasteiger partial charge in [0.05, 0.1) is 0 Å². The third-order valence-electron chi connectivity index (χ3n) is 3.85. The summed E-state index contributed by atoms with van der Waals surface area (Å²) in [6, 6.07) is 2.86. The van der Waals surface area contributed by atoms with Crippen molar-refractivity contribution in [2.45, 2.75) is 45.3 Å². The molecule has 2 atom stereocenters. The molecule has 3 nitrogen and oxygen atoms in total. The van der Waals surface area contributed by atoms with E-state index in [4.69, 9.17) is 23.2 Å². The predicted octanol–water partition coefficient (Wildman–Crippen LogP) is 3.35. The van der Waals surface area contributed by atoms with Gasteiger partial charge in [-0.3, -0.25) is 4.90 Å². The zero-order valence-electron chi connectivity index (χ0n) is 11.5. The molecule has 2 rings (SSSR count). The number of halogens is 2. The van der Waals surface area contributed by atoms with Gasteiger partial charge in [-0.15, -0.1) is 0 Å². The Balaban J connectivity index is 2.09. The molecule has 1 fully saturated rings. The third-order valence-corrected chi connectivity index (χ3v) is 4.41. The Hall–Kier alpha value is -0.350. The number of rotatable bonds is 4. The number of aromatic nitrogens is 1. The summed E-state index contributed by atoms with van der Waals surface area (Å²) in [5, 5.41) is 4.76. The zero-order chi connectivity index (χ0) is 13.8. The summed E-state index contributed by atoms with van der Waals surface area (Å²) < 4.78 is 0. The van der Waals surface area contributed by atoms with Crippen molar-refractivity contribution in [3.05, 3.63) is 28.0 Å². The Labute approximate surface area is 125 Å². The van der Waals surface area contributed by atoms with Gasteiger partial charge < -0.3 is 5.32 Å². The highest BCUT2D eigenvalue weighted by molar-refractivity contribution is 6.34. The number of hydrogen-bond donors (Lipinski definition) is 1. The van der Waals surface area contributed by atoms with Crippen molar-refractivity contribution < 1.29 is 0 Å². The van der Waals surface area contributed by atoms with E-state index in [0.717, 1.165) is 38.0 Å². The van der Waals surface area contributed by atoms with Gasteiger partial charge in [-0.05, 0) is 18.9 Å². The normalized spacial score (nSPS) is 24.6. The number of pyridine rings is 1. The second-order valence-corrected chi connectivity index (χ2v) is 5.90. The molecule has 1 saturated heterocycles. The van der Waals surface area contributed by atoms with E-state index < -0.39 is 0 Å². The second-order valence-electron chi connectivity index (χ2n) is 5.10. The topological polar surface area (TPSA) is 28.2 Å². The van der Waals surface area contributed by atoms with Crippen LogP contribution in [0.25, 0.3) is 0 Å². The molecule has 0 aliphatic carbocycles. The summed E-state index contributed by atoms with van der Waals surface area (Å²) in [6.07, 6.45) is 4.09. The maximum Gasteiger partial charge on any atom is 0.130 e. The molecule has 0 aromatic carbocycles. The lowest BCUT2D eigenvalue weighted by Crippen LogP contribution is -2.55. The molecule has 0 saturated carbocycles. The fourth-order valence-electron chi connectivity index (χ4n) is 2.57. The number of nitrogens with one attached hydrogen (secondary N) is 1. The molecule has 1 aromatic rings. The molecule has 19 heavy (non-hydrogen) atoms. The van der Waals surface area contributed by atoms with E-state index in [2.05, 4.69) is 29.0 Å². The molecule has 0 radical (unpaired) electrons. The summed E-state index contributed by atoms with van der Waals surface area (Å²) in [5.74, 6) is 0. The van der Waals surface area contributed by atoms with E-state index >= 15 is 0 Å². The second kappa shape index (κ2) is 6.89. The van der Waals surface area contributed by atoms with Crippen molar-refractivity contribution >= 4 is 23.2 Å². The van der Waals surface area contributed by atoms with Gasteiger partial charge in [-0.1, -0.05) is 37.0 Å². The Morgan fingerprint density at radius 1 is 1.37 bits per heavy atom. The lowest BCUT2D eigenvalue weighted by atomic mass is 10.0. The van der Waals surface area contributed by atoms with Gasteiger partial charge in [0.15, 0.2) is 0 Å². The van der Waals surface area contributed by atoms with Crippen LogP contribution in [0.2, 0.25) is 10.2 Å². The predicted molar refractivity (Wildman–Crippen MR) is 80.8 cm³/mol. The van der Waals surface area contributed by atoms with Gasteiger partial charge in [0, 0.05) is 48.5 Å². The maximum absolute atomic E-state index is 6.24. The fourth-order valence-corrected chi connectivity index (χ4v) is 2.99. The molecule has 1 aliphatic rings. The van der Waals surface area contributed by atoms with Crippen molar-refractivity contribution in [1.82, 2.24) is 15.2 Å². The van der Waals surface area contributed by atoms with Crippen molar-refractivity contribution in [1.29, 1.82) is 0 Å². The van der Waals surface area contributed by atoms with Crippen molar-refractivity contribution in [3.63, 3.8) is 0 Å². The van der Waals surface area contributed by atoms with Gasteiger partial charge in [-0.2, -0.15) is 0 Å². The largest absolute Gasteiger partial charge is 0.311 e. The van der Waals surface area contributed by atoms with E-state index in [1.54, 1.807) is 12.3 Å². The highest BCUT2D eigenvalue weighted by atomic mass is 35.5. The number of hydrogen-bond acceptors (Lipinski definition) is 3. The molecule has 1 aromatic heterocycles. The molecular formula is C14H21Cl2N3. The Bertz CT molecular complexity index is 425. The van der Waals surface area contributed by atoms with Crippen molar-refractivity contribution in [3.8, 4) is 0 Å². The van der Waals surface area contributed by atoms with E-state index in [9.17, 15) is 0 Å². The van der Waals surface area contributed by atoms with Crippen LogP contribution in [-0.2, 0) is 6.54 Å². The van der Waals surface area contributed by atoms with Crippen LogP contribution in [0.3, 0.4) is 0 Å². The highest BCUT2D eigenvalue weighted by Crippen LogP contribution is 2.22. The maximum atomic E-state index is 6.24. The van der Waals surface area contributed by atoms with Gasteiger partial charge in [0.2, 0.25) is 0 Å². The lowest BCUT2D eigenvalue weighted by Gasteiger charge is -2.40. The molecule has 1 N–H and O–H groups in total. The fraction of sp³-hybridized carbons (Fsp3) is 0.643. The summed E-state index contributed by atoms with van der Waals surface area (Å²) in [7, 11) is 0. The van der Waals surface area contributed by atoms with Crippen LogP contribution in [0.4, 0.5) is 0 Å².